The summed E-state index contributed by atoms with van der Waals surface area (Å²) in [5.41, 5.74) is 1.17. The lowest BCUT2D eigenvalue weighted by atomic mass is 9.95. The maximum Gasteiger partial charge on any atom is 0.227 e. The fraction of sp³-hybridized carbons (Fsp3) is 0.632. The molecule has 1 atom stereocenters. The van der Waals surface area contributed by atoms with E-state index in [2.05, 4.69) is 43.7 Å². The Kier molecular flexibility index (Phi) is 6.36. The van der Waals surface area contributed by atoms with Gasteiger partial charge >= 0.3 is 0 Å². The van der Waals surface area contributed by atoms with Gasteiger partial charge in [0.25, 0.3) is 0 Å². The van der Waals surface area contributed by atoms with Crippen molar-refractivity contribution in [2.24, 2.45) is 5.92 Å². The Morgan fingerprint density at radius 2 is 2.00 bits per heavy atom. The van der Waals surface area contributed by atoms with Gasteiger partial charge in [0.1, 0.15) is 5.75 Å². The average molecular weight is 410 g/mol. The molecular weight excluding hydrogens is 382 g/mol. The summed E-state index contributed by atoms with van der Waals surface area (Å²) in [5.74, 6) is 1.39. The van der Waals surface area contributed by atoms with Crippen molar-refractivity contribution in [2.75, 3.05) is 53.4 Å². The molecule has 1 aromatic rings. The van der Waals surface area contributed by atoms with Crippen LogP contribution in [0, 0.1) is 5.92 Å². The number of hydrogen-bond acceptors (Lipinski definition) is 4. The van der Waals surface area contributed by atoms with Gasteiger partial charge < -0.3 is 14.5 Å². The molecule has 6 heteroatoms. The highest BCUT2D eigenvalue weighted by atomic mass is 79.9. The third-order valence-electron chi connectivity index (χ3n) is 5.31. The number of carbonyl (C=O) groups excluding carboxylic acids is 1. The molecule has 1 aromatic carbocycles. The summed E-state index contributed by atoms with van der Waals surface area (Å²) in [4.78, 5) is 19.6. The van der Waals surface area contributed by atoms with Gasteiger partial charge in [0.05, 0.1) is 13.0 Å². The quantitative estimate of drug-likeness (QED) is 0.764. The van der Waals surface area contributed by atoms with Crippen molar-refractivity contribution in [1.82, 2.24) is 14.7 Å². The van der Waals surface area contributed by atoms with E-state index in [4.69, 9.17) is 4.74 Å². The molecule has 2 fully saturated rings. The first kappa shape index (κ1) is 18.7. The standard InChI is InChI=1S/C19H28BrN3O2/c1-21-8-10-23(11-9-21)19(24)15-4-3-7-22(13-15)14-16-12-17(20)5-6-18(16)25-2/h5-6,12,15H,3-4,7-11,13-14H2,1-2H3/t15-/m0/s1. The van der Waals surface area contributed by atoms with Crippen LogP contribution in [0.1, 0.15) is 18.4 Å². The second-order valence-corrected chi connectivity index (χ2v) is 8.07. The fourth-order valence-corrected chi connectivity index (χ4v) is 4.21. The van der Waals surface area contributed by atoms with E-state index in [1.165, 1.54) is 5.56 Å². The van der Waals surface area contributed by atoms with E-state index >= 15 is 0 Å². The summed E-state index contributed by atoms with van der Waals surface area (Å²) in [5, 5.41) is 0. The first-order valence-electron chi connectivity index (χ1n) is 9.09. The highest BCUT2D eigenvalue weighted by Crippen LogP contribution is 2.27. The molecule has 1 amide bonds. The van der Waals surface area contributed by atoms with Crippen LogP contribution in [-0.2, 0) is 11.3 Å². The maximum atomic E-state index is 12.9. The van der Waals surface area contributed by atoms with Crippen LogP contribution in [0.15, 0.2) is 22.7 Å². The van der Waals surface area contributed by atoms with Crippen LogP contribution in [-0.4, -0.2) is 74.0 Å². The zero-order chi connectivity index (χ0) is 17.8. The van der Waals surface area contributed by atoms with Crippen LogP contribution in [0.25, 0.3) is 0 Å². The number of amides is 1. The van der Waals surface area contributed by atoms with Crippen molar-refractivity contribution in [3.05, 3.63) is 28.2 Å². The van der Waals surface area contributed by atoms with Crippen molar-refractivity contribution in [2.45, 2.75) is 19.4 Å². The Morgan fingerprint density at radius 3 is 2.72 bits per heavy atom. The third kappa shape index (κ3) is 4.74. The Hall–Kier alpha value is -1.11. The molecule has 0 aromatic heterocycles. The molecule has 0 spiro atoms. The van der Waals surface area contributed by atoms with Crippen LogP contribution in [0.5, 0.6) is 5.75 Å². The molecule has 5 nitrogen and oxygen atoms in total. The van der Waals surface area contributed by atoms with E-state index in [1.807, 2.05) is 12.1 Å². The second-order valence-electron chi connectivity index (χ2n) is 7.16. The molecule has 0 saturated carbocycles. The number of rotatable bonds is 4. The Morgan fingerprint density at radius 1 is 1.24 bits per heavy atom. The second kappa shape index (κ2) is 8.52. The topological polar surface area (TPSA) is 36.0 Å². The van der Waals surface area contributed by atoms with Gasteiger partial charge in [0.2, 0.25) is 5.91 Å². The summed E-state index contributed by atoms with van der Waals surface area (Å²) in [6, 6.07) is 6.11. The smallest absolute Gasteiger partial charge is 0.227 e. The predicted molar refractivity (Wildman–Crippen MR) is 103 cm³/mol. The number of nitrogens with zero attached hydrogens (tertiary/aromatic N) is 3. The van der Waals surface area contributed by atoms with Crippen molar-refractivity contribution < 1.29 is 9.53 Å². The minimum absolute atomic E-state index is 0.135. The van der Waals surface area contributed by atoms with Gasteiger partial charge in [-0.2, -0.15) is 0 Å². The lowest BCUT2D eigenvalue weighted by Gasteiger charge is -2.38. The number of methoxy groups -OCH3 is 1. The lowest BCUT2D eigenvalue weighted by Crippen LogP contribution is -2.51. The number of halogens is 1. The van der Waals surface area contributed by atoms with Crippen molar-refractivity contribution in [3.63, 3.8) is 0 Å². The minimum Gasteiger partial charge on any atom is -0.496 e. The Balaban J connectivity index is 1.61. The molecule has 0 bridgehead atoms. The molecule has 2 heterocycles. The largest absolute Gasteiger partial charge is 0.496 e. The van der Waals surface area contributed by atoms with Crippen molar-refractivity contribution in [1.29, 1.82) is 0 Å². The van der Waals surface area contributed by atoms with E-state index < -0.39 is 0 Å². The van der Waals surface area contributed by atoms with Crippen LogP contribution < -0.4 is 4.74 Å². The van der Waals surface area contributed by atoms with E-state index in [0.717, 1.165) is 68.9 Å². The number of likely N-dealkylation sites (tertiary alicyclic amines) is 1. The number of hydrogen-bond donors (Lipinski definition) is 0. The molecule has 138 valence electrons. The molecule has 2 aliphatic rings. The molecule has 25 heavy (non-hydrogen) atoms. The van der Waals surface area contributed by atoms with E-state index in [-0.39, 0.29) is 5.92 Å². The Bertz CT molecular complexity index is 602. The zero-order valence-corrected chi connectivity index (χ0v) is 16.8. The summed E-state index contributed by atoms with van der Waals surface area (Å²) in [6.45, 7) is 6.42. The molecule has 0 aliphatic carbocycles. The lowest BCUT2D eigenvalue weighted by molar-refractivity contribution is -0.139. The predicted octanol–water partition coefficient (Wildman–Crippen LogP) is 2.44. The molecule has 0 N–H and O–H groups in total. The monoisotopic (exact) mass is 409 g/mol. The van der Waals surface area contributed by atoms with Gasteiger partial charge in [-0.3, -0.25) is 9.69 Å². The van der Waals surface area contributed by atoms with Crippen molar-refractivity contribution in [3.8, 4) is 5.75 Å². The maximum absolute atomic E-state index is 12.9. The summed E-state index contributed by atoms with van der Waals surface area (Å²) in [6.07, 6.45) is 2.09. The molecular formula is C19H28BrN3O2. The number of carbonyl (C=O) groups is 1. The van der Waals surface area contributed by atoms with Gasteiger partial charge in [-0.15, -0.1) is 0 Å². The highest BCUT2D eigenvalue weighted by molar-refractivity contribution is 9.10. The Labute approximate surface area is 159 Å². The SMILES string of the molecule is COc1ccc(Br)cc1CN1CCC[C@H](C(=O)N2CCN(C)CC2)C1. The van der Waals surface area contributed by atoms with Crippen molar-refractivity contribution >= 4 is 21.8 Å². The van der Waals surface area contributed by atoms with Gasteiger partial charge in [-0.25, -0.2) is 0 Å². The third-order valence-corrected chi connectivity index (χ3v) is 5.80. The molecule has 0 radical (unpaired) electrons. The van der Waals surface area contributed by atoms with Gasteiger partial charge in [-0.1, -0.05) is 15.9 Å². The molecule has 2 aliphatic heterocycles. The molecule has 2 saturated heterocycles. The summed E-state index contributed by atoms with van der Waals surface area (Å²) >= 11 is 3.54. The first-order chi connectivity index (χ1) is 12.1. The zero-order valence-electron chi connectivity index (χ0n) is 15.2. The number of benzene rings is 1. The van der Waals surface area contributed by atoms with Crippen LogP contribution in [0.3, 0.4) is 0 Å². The van der Waals surface area contributed by atoms with Gasteiger partial charge in [0.15, 0.2) is 0 Å². The van der Waals surface area contributed by atoms with E-state index in [0.29, 0.717) is 5.91 Å². The average Bonchev–Trinajstić information content (AvgIpc) is 2.62. The molecule has 0 unspecified atom stereocenters. The fourth-order valence-electron chi connectivity index (χ4n) is 3.80. The normalized spacial score (nSPS) is 22.8. The van der Waals surface area contributed by atoms with E-state index in [9.17, 15) is 4.79 Å². The van der Waals surface area contributed by atoms with E-state index in [1.54, 1.807) is 7.11 Å². The molecule has 3 rings (SSSR count). The highest BCUT2D eigenvalue weighted by Gasteiger charge is 2.30. The summed E-state index contributed by atoms with van der Waals surface area (Å²) < 4.78 is 6.55. The number of likely N-dealkylation sites (N-methyl/N-ethyl adjacent to an activating group) is 1. The van der Waals surface area contributed by atoms with Crippen LogP contribution in [0.4, 0.5) is 0 Å². The van der Waals surface area contributed by atoms with Gasteiger partial charge in [-0.05, 0) is 44.6 Å². The number of ether oxygens (including phenoxy) is 1. The number of piperidine rings is 1. The number of piperazine rings is 1. The minimum atomic E-state index is 0.135. The van der Waals surface area contributed by atoms with Crippen LogP contribution >= 0.6 is 15.9 Å². The first-order valence-corrected chi connectivity index (χ1v) is 9.88. The van der Waals surface area contributed by atoms with Gasteiger partial charge in [0, 0.05) is 49.3 Å². The van der Waals surface area contributed by atoms with Crippen LogP contribution in [0.2, 0.25) is 0 Å². The summed E-state index contributed by atoms with van der Waals surface area (Å²) in [7, 11) is 3.83.